The van der Waals surface area contributed by atoms with Crippen molar-refractivity contribution in [2.75, 3.05) is 13.1 Å². The van der Waals surface area contributed by atoms with Crippen LogP contribution in [0.25, 0.3) is 0 Å². The second-order valence-electron chi connectivity index (χ2n) is 6.40. The molecule has 0 saturated heterocycles. The predicted molar refractivity (Wildman–Crippen MR) is 98.4 cm³/mol. The van der Waals surface area contributed by atoms with E-state index in [-0.39, 0.29) is 16.8 Å². The molecule has 1 atom stereocenters. The van der Waals surface area contributed by atoms with Gasteiger partial charge in [-0.15, -0.1) is 0 Å². The van der Waals surface area contributed by atoms with Crippen LogP contribution in [0.3, 0.4) is 0 Å². The molecule has 0 saturated carbocycles. The molecule has 0 spiro atoms. The highest BCUT2D eigenvalue weighted by molar-refractivity contribution is 7.89. The highest BCUT2D eigenvalue weighted by Crippen LogP contribution is 2.20. The first-order chi connectivity index (χ1) is 12.5. The maximum absolute atomic E-state index is 12.7. The van der Waals surface area contributed by atoms with Crippen LogP contribution in [0.15, 0.2) is 35.4 Å². The summed E-state index contributed by atoms with van der Waals surface area (Å²) in [5, 5.41) is 10.0. The van der Waals surface area contributed by atoms with Crippen LogP contribution in [0.5, 0.6) is 0 Å². The standard InChI is InChI=1S/C18H24N4O3S/c1-3-22(4-2)26(24,25)16-7-5-6-13(11-16)18(23)20-15-8-9-17-14(10-15)12-19-21-17/h5-7,11-12,15H,3-4,8-10H2,1-2H3,(H,19,21)(H,20,23). The summed E-state index contributed by atoms with van der Waals surface area (Å²) >= 11 is 0. The Balaban J connectivity index is 1.75. The van der Waals surface area contributed by atoms with E-state index in [1.165, 1.54) is 16.4 Å². The molecule has 1 aliphatic rings. The molecule has 0 bridgehead atoms. The minimum absolute atomic E-state index is 0.0237. The summed E-state index contributed by atoms with van der Waals surface area (Å²) in [6, 6.07) is 6.26. The lowest BCUT2D eigenvalue weighted by molar-refractivity contribution is 0.0933. The van der Waals surface area contributed by atoms with Gasteiger partial charge < -0.3 is 5.32 Å². The van der Waals surface area contributed by atoms with Gasteiger partial charge in [0.2, 0.25) is 10.0 Å². The van der Waals surface area contributed by atoms with Crippen LogP contribution in [-0.4, -0.2) is 48.0 Å². The second-order valence-corrected chi connectivity index (χ2v) is 8.34. The molecule has 2 N–H and O–H groups in total. The van der Waals surface area contributed by atoms with Gasteiger partial charge in [-0.3, -0.25) is 9.89 Å². The number of aromatic nitrogens is 2. The van der Waals surface area contributed by atoms with Crippen molar-refractivity contribution in [2.24, 2.45) is 0 Å². The van der Waals surface area contributed by atoms with E-state index < -0.39 is 10.0 Å². The van der Waals surface area contributed by atoms with Crippen LogP contribution in [0.1, 0.15) is 41.9 Å². The lowest BCUT2D eigenvalue weighted by Gasteiger charge is -2.23. The van der Waals surface area contributed by atoms with Crippen molar-refractivity contribution < 1.29 is 13.2 Å². The first-order valence-electron chi connectivity index (χ1n) is 8.87. The van der Waals surface area contributed by atoms with Crippen molar-refractivity contribution >= 4 is 15.9 Å². The van der Waals surface area contributed by atoms with Crippen LogP contribution in [0.2, 0.25) is 0 Å². The largest absolute Gasteiger partial charge is 0.349 e. The lowest BCUT2D eigenvalue weighted by Crippen LogP contribution is -2.38. The van der Waals surface area contributed by atoms with Crippen molar-refractivity contribution in [3.8, 4) is 0 Å². The minimum atomic E-state index is -3.58. The molecule has 1 amide bonds. The average molecular weight is 376 g/mol. The number of fused-ring (bicyclic) bond motifs is 1. The summed E-state index contributed by atoms with van der Waals surface area (Å²) in [5.74, 6) is -0.251. The third-order valence-corrected chi connectivity index (χ3v) is 6.84. The number of rotatable bonds is 6. The monoisotopic (exact) mass is 376 g/mol. The number of carbonyl (C=O) groups excluding carboxylic acids is 1. The number of nitrogens with one attached hydrogen (secondary N) is 2. The van der Waals surface area contributed by atoms with Crippen molar-refractivity contribution in [1.82, 2.24) is 19.8 Å². The molecule has 0 radical (unpaired) electrons. The molecule has 140 valence electrons. The Bertz CT molecular complexity index is 887. The maximum Gasteiger partial charge on any atom is 0.251 e. The molecule has 26 heavy (non-hydrogen) atoms. The van der Waals surface area contributed by atoms with Crippen molar-refractivity contribution in [1.29, 1.82) is 0 Å². The molecule has 3 rings (SSSR count). The van der Waals surface area contributed by atoms with Gasteiger partial charge in [0.25, 0.3) is 5.91 Å². The maximum atomic E-state index is 12.7. The quantitative estimate of drug-likeness (QED) is 0.803. The molecule has 0 fully saturated rings. The molecule has 8 heteroatoms. The van der Waals surface area contributed by atoms with Gasteiger partial charge in [0, 0.05) is 30.4 Å². The van der Waals surface area contributed by atoms with E-state index >= 15 is 0 Å². The third kappa shape index (κ3) is 3.66. The number of aromatic amines is 1. The van der Waals surface area contributed by atoms with E-state index in [1.54, 1.807) is 32.2 Å². The van der Waals surface area contributed by atoms with E-state index in [4.69, 9.17) is 0 Å². The number of sulfonamides is 1. The van der Waals surface area contributed by atoms with Gasteiger partial charge in [0.15, 0.2) is 0 Å². The number of nitrogens with zero attached hydrogens (tertiary/aromatic N) is 2. The van der Waals surface area contributed by atoms with Gasteiger partial charge in [-0.05, 0) is 43.0 Å². The Kier molecular flexibility index (Phi) is 5.43. The molecule has 1 unspecified atom stereocenters. The summed E-state index contributed by atoms with van der Waals surface area (Å²) in [6.45, 7) is 4.38. The Morgan fingerprint density at radius 2 is 2.12 bits per heavy atom. The first kappa shape index (κ1) is 18.6. The van der Waals surface area contributed by atoms with Gasteiger partial charge >= 0.3 is 0 Å². The molecular formula is C18H24N4O3S. The van der Waals surface area contributed by atoms with Crippen molar-refractivity contribution in [3.05, 3.63) is 47.3 Å². The fourth-order valence-corrected chi connectivity index (χ4v) is 4.82. The van der Waals surface area contributed by atoms with E-state index in [0.29, 0.717) is 18.7 Å². The smallest absolute Gasteiger partial charge is 0.251 e. The Morgan fingerprint density at radius 3 is 2.85 bits per heavy atom. The van der Waals surface area contributed by atoms with E-state index in [9.17, 15) is 13.2 Å². The number of H-pyrrole nitrogens is 1. The van der Waals surface area contributed by atoms with Crippen LogP contribution in [0, 0.1) is 0 Å². The number of carbonyl (C=O) groups is 1. The van der Waals surface area contributed by atoms with Crippen molar-refractivity contribution in [3.63, 3.8) is 0 Å². The number of hydrogen-bond acceptors (Lipinski definition) is 4. The SMILES string of the molecule is CCN(CC)S(=O)(=O)c1cccc(C(=O)NC2CCc3[nH]ncc3C2)c1. The Labute approximate surface area is 153 Å². The van der Waals surface area contributed by atoms with E-state index in [1.807, 2.05) is 0 Å². The van der Waals surface area contributed by atoms with Gasteiger partial charge in [-0.2, -0.15) is 9.40 Å². The van der Waals surface area contributed by atoms with Gasteiger partial charge in [-0.25, -0.2) is 8.42 Å². The van der Waals surface area contributed by atoms with E-state index in [2.05, 4.69) is 15.5 Å². The first-order valence-corrected chi connectivity index (χ1v) is 10.3. The molecule has 1 heterocycles. The molecule has 2 aromatic rings. The third-order valence-electron chi connectivity index (χ3n) is 4.79. The molecule has 7 nitrogen and oxygen atoms in total. The molecular weight excluding hydrogens is 352 g/mol. The topological polar surface area (TPSA) is 95.2 Å². The Morgan fingerprint density at radius 1 is 1.35 bits per heavy atom. The number of hydrogen-bond donors (Lipinski definition) is 2. The zero-order valence-electron chi connectivity index (χ0n) is 15.0. The van der Waals surface area contributed by atoms with Crippen LogP contribution < -0.4 is 5.32 Å². The van der Waals surface area contributed by atoms with Crippen LogP contribution >= 0.6 is 0 Å². The van der Waals surface area contributed by atoms with E-state index in [0.717, 1.165) is 30.5 Å². The Hall–Kier alpha value is -2.19. The minimum Gasteiger partial charge on any atom is -0.349 e. The fraction of sp³-hybridized carbons (Fsp3) is 0.444. The molecule has 1 aliphatic carbocycles. The highest BCUT2D eigenvalue weighted by atomic mass is 32.2. The lowest BCUT2D eigenvalue weighted by atomic mass is 9.93. The predicted octanol–water partition coefficient (Wildman–Crippen LogP) is 1.73. The summed E-state index contributed by atoms with van der Waals surface area (Å²) in [4.78, 5) is 12.8. The zero-order chi connectivity index (χ0) is 18.7. The van der Waals surface area contributed by atoms with Crippen LogP contribution in [0.4, 0.5) is 0 Å². The number of aryl methyl sites for hydroxylation is 1. The molecule has 1 aromatic carbocycles. The fourth-order valence-electron chi connectivity index (χ4n) is 3.32. The highest BCUT2D eigenvalue weighted by Gasteiger charge is 2.24. The molecule has 0 aliphatic heterocycles. The normalized spacial score (nSPS) is 17.1. The summed E-state index contributed by atoms with van der Waals surface area (Å²) in [5.41, 5.74) is 2.61. The van der Waals surface area contributed by atoms with Crippen LogP contribution in [-0.2, 0) is 22.9 Å². The zero-order valence-corrected chi connectivity index (χ0v) is 15.8. The number of amides is 1. The second kappa shape index (κ2) is 7.59. The van der Waals surface area contributed by atoms with Gasteiger partial charge in [0.05, 0.1) is 11.1 Å². The summed E-state index contributed by atoms with van der Waals surface area (Å²) in [6.07, 6.45) is 4.20. The molecule has 1 aromatic heterocycles. The van der Waals surface area contributed by atoms with Crippen molar-refractivity contribution in [2.45, 2.75) is 44.0 Å². The van der Waals surface area contributed by atoms with Gasteiger partial charge in [-0.1, -0.05) is 19.9 Å². The summed E-state index contributed by atoms with van der Waals surface area (Å²) < 4.78 is 26.7. The summed E-state index contributed by atoms with van der Waals surface area (Å²) in [7, 11) is -3.58. The average Bonchev–Trinajstić information content (AvgIpc) is 3.10. The number of benzene rings is 1. The van der Waals surface area contributed by atoms with Gasteiger partial charge in [0.1, 0.15) is 0 Å².